The van der Waals surface area contributed by atoms with E-state index in [2.05, 4.69) is 38.2 Å². The molecular formula is C26H35N5O3. The van der Waals surface area contributed by atoms with E-state index in [0.29, 0.717) is 64.2 Å². The number of benzene rings is 1. The Labute approximate surface area is 201 Å². The molecule has 8 nitrogen and oxygen atoms in total. The maximum absolute atomic E-state index is 13.5. The van der Waals surface area contributed by atoms with Crippen LogP contribution in [-0.2, 0) is 35.5 Å². The molecule has 3 heterocycles. The molecule has 0 unspecified atom stereocenters. The Morgan fingerprint density at radius 3 is 2.50 bits per heavy atom. The third-order valence-electron chi connectivity index (χ3n) is 6.43. The molecule has 8 heteroatoms. The fourth-order valence-electron chi connectivity index (χ4n) is 4.63. The minimum atomic E-state index is -0.156. The molecule has 2 aliphatic heterocycles. The van der Waals surface area contributed by atoms with E-state index in [4.69, 9.17) is 5.10 Å². The molecule has 1 N–H and O–H groups in total. The lowest BCUT2D eigenvalue weighted by Crippen LogP contribution is -2.39. The van der Waals surface area contributed by atoms with Crippen LogP contribution in [-0.4, -0.2) is 63.5 Å². The maximum Gasteiger partial charge on any atom is 0.274 e. The van der Waals surface area contributed by atoms with E-state index in [1.54, 1.807) is 4.90 Å². The normalized spacial score (nSPS) is 16.6. The quantitative estimate of drug-likeness (QED) is 0.735. The Kier molecular flexibility index (Phi) is 7.05. The summed E-state index contributed by atoms with van der Waals surface area (Å²) in [5.74, 6) is -0.0841. The van der Waals surface area contributed by atoms with Gasteiger partial charge in [-0.1, -0.05) is 51.1 Å². The van der Waals surface area contributed by atoms with Crippen LogP contribution in [0, 0.1) is 5.41 Å². The third-order valence-corrected chi connectivity index (χ3v) is 6.43. The van der Waals surface area contributed by atoms with E-state index < -0.39 is 0 Å². The fraction of sp³-hybridized carbons (Fsp3) is 0.538. The van der Waals surface area contributed by atoms with Gasteiger partial charge in [-0.2, -0.15) is 5.10 Å². The van der Waals surface area contributed by atoms with Crippen molar-refractivity contribution >= 4 is 17.7 Å². The SMILES string of the molecule is CC(C)(C)CC(=O)N1CCc2c(c(C(=O)N3CCNC(=O)CC3)nn2CCc2ccccc2)C1. The summed E-state index contributed by atoms with van der Waals surface area (Å²) in [4.78, 5) is 41.8. The number of aromatic nitrogens is 2. The van der Waals surface area contributed by atoms with E-state index in [9.17, 15) is 14.4 Å². The van der Waals surface area contributed by atoms with Crippen LogP contribution in [0.1, 0.15) is 60.9 Å². The highest BCUT2D eigenvalue weighted by atomic mass is 16.2. The first-order valence-corrected chi connectivity index (χ1v) is 12.2. The van der Waals surface area contributed by atoms with Gasteiger partial charge in [0.25, 0.3) is 5.91 Å². The van der Waals surface area contributed by atoms with E-state index in [1.807, 2.05) is 27.8 Å². The molecule has 0 radical (unpaired) electrons. The summed E-state index contributed by atoms with van der Waals surface area (Å²) >= 11 is 0. The number of carbonyl (C=O) groups is 3. The van der Waals surface area contributed by atoms with Crippen LogP contribution in [0.15, 0.2) is 30.3 Å². The molecule has 182 valence electrons. The molecule has 2 aromatic rings. The van der Waals surface area contributed by atoms with Crippen LogP contribution in [0.2, 0.25) is 0 Å². The zero-order valence-corrected chi connectivity index (χ0v) is 20.5. The Bertz CT molecular complexity index is 1050. The van der Waals surface area contributed by atoms with Gasteiger partial charge in [0.05, 0.1) is 0 Å². The Hall–Kier alpha value is -3.16. The van der Waals surface area contributed by atoms with Gasteiger partial charge in [-0.05, 0) is 17.4 Å². The third kappa shape index (κ3) is 5.66. The number of rotatable bonds is 5. The Morgan fingerprint density at radius 2 is 1.76 bits per heavy atom. The number of carbonyl (C=O) groups excluding carboxylic acids is 3. The van der Waals surface area contributed by atoms with Crippen molar-refractivity contribution in [3.63, 3.8) is 0 Å². The second-order valence-electron chi connectivity index (χ2n) is 10.4. The van der Waals surface area contributed by atoms with Gasteiger partial charge >= 0.3 is 0 Å². The highest BCUT2D eigenvalue weighted by Gasteiger charge is 2.33. The largest absolute Gasteiger partial charge is 0.354 e. The van der Waals surface area contributed by atoms with Crippen LogP contribution in [0.3, 0.4) is 0 Å². The van der Waals surface area contributed by atoms with Crippen LogP contribution < -0.4 is 5.32 Å². The molecule has 0 atom stereocenters. The van der Waals surface area contributed by atoms with Gasteiger partial charge in [-0.15, -0.1) is 0 Å². The predicted octanol–water partition coefficient (Wildman–Crippen LogP) is 2.41. The predicted molar refractivity (Wildman–Crippen MR) is 129 cm³/mol. The van der Waals surface area contributed by atoms with Crippen molar-refractivity contribution in [3.05, 3.63) is 52.8 Å². The van der Waals surface area contributed by atoms with Gasteiger partial charge in [0.15, 0.2) is 5.69 Å². The summed E-state index contributed by atoms with van der Waals surface area (Å²) in [6, 6.07) is 10.2. The van der Waals surface area contributed by atoms with Crippen molar-refractivity contribution in [1.82, 2.24) is 24.9 Å². The van der Waals surface area contributed by atoms with Gasteiger partial charge in [0.2, 0.25) is 11.8 Å². The van der Waals surface area contributed by atoms with Crippen LogP contribution in [0.25, 0.3) is 0 Å². The molecular weight excluding hydrogens is 430 g/mol. The number of hydrogen-bond acceptors (Lipinski definition) is 4. The molecule has 34 heavy (non-hydrogen) atoms. The van der Waals surface area contributed by atoms with Crippen molar-refractivity contribution in [3.8, 4) is 0 Å². The molecule has 2 aliphatic rings. The lowest BCUT2D eigenvalue weighted by atomic mass is 9.91. The molecule has 0 bridgehead atoms. The highest BCUT2D eigenvalue weighted by molar-refractivity contribution is 5.95. The summed E-state index contributed by atoms with van der Waals surface area (Å²) < 4.78 is 1.96. The summed E-state index contributed by atoms with van der Waals surface area (Å²) in [5, 5.41) is 7.60. The Morgan fingerprint density at radius 1 is 1.03 bits per heavy atom. The van der Waals surface area contributed by atoms with Crippen molar-refractivity contribution in [2.24, 2.45) is 5.41 Å². The molecule has 0 spiro atoms. The topological polar surface area (TPSA) is 87.5 Å². The van der Waals surface area contributed by atoms with Crippen LogP contribution in [0.5, 0.6) is 0 Å². The Balaban J connectivity index is 1.60. The minimum absolute atomic E-state index is 0.0373. The number of amides is 3. The van der Waals surface area contributed by atoms with E-state index in [0.717, 1.165) is 17.7 Å². The first-order valence-electron chi connectivity index (χ1n) is 12.2. The molecule has 4 rings (SSSR count). The van der Waals surface area contributed by atoms with E-state index in [-0.39, 0.29) is 23.1 Å². The number of nitrogens with one attached hydrogen (secondary N) is 1. The summed E-state index contributed by atoms with van der Waals surface area (Å²) in [6.07, 6.45) is 2.25. The molecule has 1 fully saturated rings. The smallest absolute Gasteiger partial charge is 0.274 e. The van der Waals surface area contributed by atoms with Gasteiger partial charge in [0.1, 0.15) is 0 Å². The van der Waals surface area contributed by atoms with Gasteiger partial charge in [0, 0.05) is 69.8 Å². The molecule has 1 aromatic heterocycles. The van der Waals surface area contributed by atoms with Gasteiger partial charge in [-0.3, -0.25) is 19.1 Å². The zero-order valence-electron chi connectivity index (χ0n) is 20.5. The maximum atomic E-state index is 13.5. The zero-order chi connectivity index (χ0) is 24.3. The highest BCUT2D eigenvalue weighted by Crippen LogP contribution is 2.27. The van der Waals surface area contributed by atoms with Crippen molar-refractivity contribution < 1.29 is 14.4 Å². The number of nitrogens with zero attached hydrogens (tertiary/aromatic N) is 4. The van der Waals surface area contributed by atoms with Crippen LogP contribution in [0.4, 0.5) is 0 Å². The molecule has 1 aromatic carbocycles. The fourth-order valence-corrected chi connectivity index (χ4v) is 4.63. The average Bonchev–Trinajstić information content (AvgIpc) is 3.02. The first kappa shape index (κ1) is 24.0. The van der Waals surface area contributed by atoms with Crippen LogP contribution >= 0.6 is 0 Å². The number of fused-ring (bicyclic) bond motifs is 1. The monoisotopic (exact) mass is 465 g/mol. The minimum Gasteiger partial charge on any atom is -0.354 e. The average molecular weight is 466 g/mol. The summed E-state index contributed by atoms with van der Waals surface area (Å²) in [6.45, 7) is 9.18. The number of hydrogen-bond donors (Lipinski definition) is 1. The standard InChI is InChI=1S/C26H35N5O3/c1-26(2,3)17-23(33)30-13-10-21-20(18-30)24(25(34)29-14-11-22(32)27-12-16-29)28-31(21)15-9-19-7-5-4-6-8-19/h4-8H,9-18H2,1-3H3,(H,27,32). The second-order valence-corrected chi connectivity index (χ2v) is 10.4. The second kappa shape index (κ2) is 9.99. The van der Waals surface area contributed by atoms with E-state index in [1.165, 1.54) is 5.56 Å². The first-order chi connectivity index (χ1) is 16.2. The molecule has 0 saturated carbocycles. The summed E-state index contributed by atoms with van der Waals surface area (Å²) in [7, 11) is 0. The molecule has 0 aliphatic carbocycles. The molecule has 3 amide bonds. The lowest BCUT2D eigenvalue weighted by Gasteiger charge is -2.30. The molecule has 1 saturated heterocycles. The summed E-state index contributed by atoms with van der Waals surface area (Å²) in [5.41, 5.74) is 3.44. The lowest BCUT2D eigenvalue weighted by molar-refractivity contribution is -0.134. The van der Waals surface area contributed by atoms with Crippen molar-refractivity contribution in [2.45, 2.75) is 59.5 Å². The van der Waals surface area contributed by atoms with E-state index >= 15 is 0 Å². The van der Waals surface area contributed by atoms with Gasteiger partial charge < -0.3 is 15.1 Å². The van der Waals surface area contributed by atoms with Gasteiger partial charge in [-0.25, -0.2) is 0 Å². The van der Waals surface area contributed by atoms with Crippen molar-refractivity contribution in [2.75, 3.05) is 26.2 Å². The van der Waals surface area contributed by atoms with Crippen molar-refractivity contribution in [1.29, 1.82) is 0 Å². The number of aryl methyl sites for hydroxylation is 2.